The number of hydrogen-bond donors (Lipinski definition) is 0. The summed E-state index contributed by atoms with van der Waals surface area (Å²) < 4.78 is 12.7. The van der Waals surface area contributed by atoms with E-state index < -0.39 is 11.4 Å². The number of halogens is 1. The fourth-order valence-electron chi connectivity index (χ4n) is 7.28. The van der Waals surface area contributed by atoms with E-state index in [1.54, 1.807) is 19.1 Å². The van der Waals surface area contributed by atoms with E-state index in [1.165, 1.54) is 5.57 Å². The lowest BCUT2D eigenvalue weighted by Gasteiger charge is -2.55. The van der Waals surface area contributed by atoms with E-state index in [1.807, 2.05) is 19.9 Å². The Hall–Kier alpha value is -1.23. The Bertz CT molecular complexity index is 914. The van der Waals surface area contributed by atoms with Gasteiger partial charge in [0.1, 0.15) is 0 Å². The van der Waals surface area contributed by atoms with Crippen LogP contribution in [0.15, 0.2) is 35.5 Å². The monoisotopic (exact) mass is 416 g/mol. The highest BCUT2D eigenvalue weighted by atomic mass is 35.5. The number of Topliss-reactive ketones (excluding diaryl/α,β-unsaturated/α-hetero) is 1. The van der Waals surface area contributed by atoms with E-state index >= 15 is 0 Å². The van der Waals surface area contributed by atoms with Gasteiger partial charge in [0, 0.05) is 10.8 Å². The van der Waals surface area contributed by atoms with Crippen LogP contribution < -0.4 is 0 Å². The highest BCUT2D eigenvalue weighted by Gasteiger charge is 2.74. The number of carbonyl (C=O) groups is 2. The highest BCUT2D eigenvalue weighted by Crippen LogP contribution is 2.69. The molecule has 3 fully saturated rings. The van der Waals surface area contributed by atoms with E-state index in [4.69, 9.17) is 21.1 Å². The first-order valence-electron chi connectivity index (χ1n) is 10.6. The molecule has 0 aromatic heterocycles. The first kappa shape index (κ1) is 19.7. The van der Waals surface area contributed by atoms with Crippen LogP contribution in [0, 0.1) is 22.7 Å². The van der Waals surface area contributed by atoms with Crippen molar-refractivity contribution in [3.05, 3.63) is 35.5 Å². The van der Waals surface area contributed by atoms with Gasteiger partial charge >= 0.3 is 0 Å². The minimum absolute atomic E-state index is 0.0118. The topological polar surface area (TPSA) is 52.6 Å². The summed E-state index contributed by atoms with van der Waals surface area (Å²) in [5.41, 5.74) is 0.761. The molecule has 2 saturated carbocycles. The lowest BCUT2D eigenvalue weighted by molar-refractivity contribution is -0.203. The summed E-state index contributed by atoms with van der Waals surface area (Å²) in [6.07, 6.45) is 9.81. The number of alkyl halides is 1. The largest absolute Gasteiger partial charge is 0.344 e. The van der Waals surface area contributed by atoms with E-state index in [9.17, 15) is 9.59 Å². The minimum Gasteiger partial charge on any atom is -0.344 e. The predicted molar refractivity (Wildman–Crippen MR) is 110 cm³/mol. The second-order valence-electron chi connectivity index (χ2n) is 10.4. The summed E-state index contributed by atoms with van der Waals surface area (Å²) >= 11 is 6.85. The van der Waals surface area contributed by atoms with Gasteiger partial charge < -0.3 is 9.47 Å². The number of fused-ring (bicyclic) bond motifs is 7. The number of allylic oxidation sites excluding steroid dienone is 6. The average Bonchev–Trinajstić information content (AvgIpc) is 3.03. The van der Waals surface area contributed by atoms with Crippen molar-refractivity contribution >= 4 is 23.2 Å². The van der Waals surface area contributed by atoms with Gasteiger partial charge in [0.15, 0.2) is 23.0 Å². The van der Waals surface area contributed by atoms with Crippen molar-refractivity contribution in [1.29, 1.82) is 0 Å². The zero-order valence-electron chi connectivity index (χ0n) is 17.8. The predicted octanol–water partition coefficient (Wildman–Crippen LogP) is 4.52. The molecule has 0 aromatic carbocycles. The molecule has 29 heavy (non-hydrogen) atoms. The molecule has 1 saturated heterocycles. The van der Waals surface area contributed by atoms with Crippen molar-refractivity contribution in [2.24, 2.45) is 22.7 Å². The van der Waals surface area contributed by atoms with Crippen molar-refractivity contribution < 1.29 is 19.1 Å². The first-order valence-corrected chi connectivity index (χ1v) is 11.1. The number of hydrogen-bond acceptors (Lipinski definition) is 4. The average molecular weight is 417 g/mol. The summed E-state index contributed by atoms with van der Waals surface area (Å²) in [6, 6.07) is 0. The van der Waals surface area contributed by atoms with Crippen LogP contribution in [0.25, 0.3) is 0 Å². The maximum Gasteiger partial charge on any atom is 0.178 e. The molecule has 0 spiro atoms. The van der Waals surface area contributed by atoms with E-state index in [-0.39, 0.29) is 45.7 Å². The van der Waals surface area contributed by atoms with Crippen LogP contribution in [0.3, 0.4) is 0 Å². The molecule has 5 heteroatoms. The Labute approximate surface area is 177 Å². The molecule has 7 atom stereocenters. The fourth-order valence-corrected chi connectivity index (χ4v) is 7.76. The van der Waals surface area contributed by atoms with Gasteiger partial charge in [0.05, 0.1) is 11.5 Å². The third kappa shape index (κ3) is 2.29. The van der Waals surface area contributed by atoms with Crippen LogP contribution in [0.4, 0.5) is 0 Å². The summed E-state index contributed by atoms with van der Waals surface area (Å²) in [5.74, 6) is -0.197. The molecule has 1 heterocycles. The zero-order chi connectivity index (χ0) is 21.0. The van der Waals surface area contributed by atoms with Crippen LogP contribution in [0.2, 0.25) is 0 Å². The quantitative estimate of drug-likeness (QED) is 0.465. The van der Waals surface area contributed by atoms with E-state index in [2.05, 4.69) is 19.9 Å². The Morgan fingerprint density at radius 1 is 1.17 bits per heavy atom. The Kier molecular flexibility index (Phi) is 3.89. The SMILES string of the molecule is CC(=O)[C@@]12OC(C)(C)O[C@@H]1C[C@H]1[C@@H]3C[C@H](Cl)C4=CC(=O)C=C[C@]4(C)C3=CC[C@@]12C. The van der Waals surface area contributed by atoms with Gasteiger partial charge in [-0.15, -0.1) is 11.6 Å². The normalized spacial score (nSPS) is 49.5. The van der Waals surface area contributed by atoms with Gasteiger partial charge in [0.25, 0.3) is 0 Å². The highest BCUT2D eigenvalue weighted by molar-refractivity contribution is 6.23. The van der Waals surface area contributed by atoms with Gasteiger partial charge in [0.2, 0.25) is 0 Å². The van der Waals surface area contributed by atoms with Gasteiger partial charge in [-0.05, 0) is 76.5 Å². The summed E-state index contributed by atoms with van der Waals surface area (Å²) in [7, 11) is 0. The van der Waals surface area contributed by atoms with Gasteiger partial charge in [-0.25, -0.2) is 0 Å². The van der Waals surface area contributed by atoms with Crippen LogP contribution in [0.5, 0.6) is 0 Å². The molecular weight excluding hydrogens is 388 g/mol. The molecular formula is C24H29ClO4. The molecule has 5 aliphatic rings. The van der Waals surface area contributed by atoms with Crippen molar-refractivity contribution in [3.63, 3.8) is 0 Å². The van der Waals surface area contributed by atoms with E-state index in [0.717, 1.165) is 24.8 Å². The number of rotatable bonds is 1. The van der Waals surface area contributed by atoms with Crippen LogP contribution in [-0.4, -0.2) is 34.4 Å². The maximum atomic E-state index is 13.0. The maximum absolute atomic E-state index is 13.0. The lowest BCUT2D eigenvalue weighted by atomic mass is 9.51. The second kappa shape index (κ2) is 5.72. The van der Waals surface area contributed by atoms with Crippen molar-refractivity contribution in [1.82, 2.24) is 0 Å². The standard InChI is InChI=1S/C24H29ClO4/c1-13(26)24-20(28-21(2,3)29-24)12-17-15-11-19(25)18-10-14(27)6-8-22(18,4)16(15)7-9-23(17,24)5/h6-8,10,15,17,19-20H,9,11-12H2,1-5H3/t15-,17+,19+,20-,22-,23+,24-/m1/s1. The molecule has 5 rings (SSSR count). The third-order valence-corrected chi connectivity index (χ3v) is 8.86. The smallest absolute Gasteiger partial charge is 0.178 e. The Morgan fingerprint density at radius 2 is 1.90 bits per heavy atom. The van der Waals surface area contributed by atoms with Crippen molar-refractivity contribution in [3.8, 4) is 0 Å². The van der Waals surface area contributed by atoms with Crippen LogP contribution >= 0.6 is 11.6 Å². The van der Waals surface area contributed by atoms with Gasteiger partial charge in [-0.1, -0.05) is 24.6 Å². The molecule has 0 aromatic rings. The third-order valence-electron chi connectivity index (χ3n) is 8.45. The van der Waals surface area contributed by atoms with Crippen molar-refractivity contribution in [2.75, 3.05) is 0 Å². The van der Waals surface area contributed by atoms with Crippen LogP contribution in [-0.2, 0) is 19.1 Å². The zero-order valence-corrected chi connectivity index (χ0v) is 18.5. The van der Waals surface area contributed by atoms with Crippen molar-refractivity contribution in [2.45, 2.75) is 76.8 Å². The Balaban J connectivity index is 1.63. The molecule has 4 aliphatic carbocycles. The molecule has 156 valence electrons. The summed E-state index contributed by atoms with van der Waals surface area (Å²) in [5, 5.41) is -0.189. The first-order chi connectivity index (χ1) is 13.4. The number of ketones is 2. The lowest BCUT2D eigenvalue weighted by Crippen LogP contribution is -2.58. The molecule has 0 bridgehead atoms. The molecule has 0 radical (unpaired) electrons. The second-order valence-corrected chi connectivity index (χ2v) is 10.9. The number of ether oxygens (including phenoxy) is 2. The van der Waals surface area contributed by atoms with Gasteiger partial charge in [-0.3, -0.25) is 9.59 Å². The minimum atomic E-state index is -0.916. The van der Waals surface area contributed by atoms with Gasteiger partial charge in [-0.2, -0.15) is 0 Å². The summed E-state index contributed by atoms with van der Waals surface area (Å²) in [4.78, 5) is 25.0. The molecule has 0 unspecified atom stereocenters. The number of carbonyl (C=O) groups excluding carboxylic acids is 2. The Morgan fingerprint density at radius 3 is 2.59 bits per heavy atom. The van der Waals surface area contributed by atoms with Crippen LogP contribution in [0.1, 0.15) is 53.9 Å². The molecule has 1 aliphatic heterocycles. The fraction of sp³-hybridized carbons (Fsp3) is 0.667. The molecule has 0 N–H and O–H groups in total. The molecule has 0 amide bonds. The summed E-state index contributed by atoms with van der Waals surface area (Å²) in [6.45, 7) is 9.82. The molecule has 4 nitrogen and oxygen atoms in total. The van der Waals surface area contributed by atoms with E-state index in [0.29, 0.717) is 0 Å².